The molecule has 0 saturated carbocycles. The molecule has 2 aromatic heterocycles. The van der Waals surface area contributed by atoms with Crippen LogP contribution in [0.4, 0.5) is 0 Å². The summed E-state index contributed by atoms with van der Waals surface area (Å²) < 4.78 is 7.61. The number of carbonyl (C=O) groups is 1. The van der Waals surface area contributed by atoms with Gasteiger partial charge in [-0.15, -0.1) is 11.3 Å². The van der Waals surface area contributed by atoms with Crippen molar-refractivity contribution in [3.63, 3.8) is 0 Å². The van der Waals surface area contributed by atoms with Crippen LogP contribution in [0.25, 0.3) is 4.96 Å². The number of amides is 1. The number of fused-ring (bicyclic) bond motifs is 1. The Labute approximate surface area is 138 Å². The highest BCUT2D eigenvalue weighted by atomic mass is 32.1. The fourth-order valence-corrected chi connectivity index (χ4v) is 2.84. The first-order valence-corrected chi connectivity index (χ1v) is 8.42. The van der Waals surface area contributed by atoms with Gasteiger partial charge >= 0.3 is 0 Å². The van der Waals surface area contributed by atoms with E-state index in [0.29, 0.717) is 30.4 Å². The summed E-state index contributed by atoms with van der Waals surface area (Å²) in [5.41, 5.74) is 1.43. The van der Waals surface area contributed by atoms with Crippen LogP contribution in [0.15, 0.2) is 42.0 Å². The highest BCUT2D eigenvalue weighted by molar-refractivity contribution is 7.15. The molecule has 0 unspecified atom stereocenters. The van der Waals surface area contributed by atoms with Crippen molar-refractivity contribution < 1.29 is 9.53 Å². The van der Waals surface area contributed by atoms with Crippen molar-refractivity contribution in [1.29, 1.82) is 0 Å². The molecule has 0 saturated heterocycles. The summed E-state index contributed by atoms with van der Waals surface area (Å²) in [6.45, 7) is 5.22. The summed E-state index contributed by atoms with van der Waals surface area (Å²) in [5.74, 6) is 1.03. The second-order valence-corrected chi connectivity index (χ2v) is 6.61. The number of imidazole rings is 1. The van der Waals surface area contributed by atoms with Gasteiger partial charge in [0, 0.05) is 23.3 Å². The number of rotatable bonds is 6. The van der Waals surface area contributed by atoms with Crippen molar-refractivity contribution in [2.75, 3.05) is 6.61 Å². The number of ether oxygens (including phenoxy) is 1. The number of hydrogen-bond acceptors (Lipinski definition) is 4. The molecule has 3 rings (SSSR count). The molecule has 0 aliphatic carbocycles. The van der Waals surface area contributed by atoms with Crippen molar-refractivity contribution in [2.45, 2.75) is 20.4 Å². The van der Waals surface area contributed by atoms with Crippen molar-refractivity contribution in [3.8, 4) is 5.75 Å². The van der Waals surface area contributed by atoms with Gasteiger partial charge in [-0.25, -0.2) is 4.98 Å². The zero-order chi connectivity index (χ0) is 16.2. The van der Waals surface area contributed by atoms with E-state index in [1.54, 1.807) is 23.5 Å². The minimum Gasteiger partial charge on any atom is -0.493 e. The van der Waals surface area contributed by atoms with Crippen molar-refractivity contribution >= 4 is 22.2 Å². The van der Waals surface area contributed by atoms with Gasteiger partial charge in [-0.05, 0) is 24.1 Å². The first-order chi connectivity index (χ1) is 11.1. The molecule has 1 N–H and O–H groups in total. The third-order valence-electron chi connectivity index (χ3n) is 3.25. The van der Waals surface area contributed by atoms with E-state index in [2.05, 4.69) is 24.1 Å². The molecule has 0 atom stereocenters. The Balaban J connectivity index is 1.61. The minimum atomic E-state index is -0.128. The van der Waals surface area contributed by atoms with Crippen LogP contribution in [0.1, 0.15) is 29.9 Å². The fourth-order valence-electron chi connectivity index (χ4n) is 2.12. The van der Waals surface area contributed by atoms with E-state index >= 15 is 0 Å². The van der Waals surface area contributed by atoms with Crippen molar-refractivity contribution in [2.24, 2.45) is 5.92 Å². The number of hydrogen-bond donors (Lipinski definition) is 1. The molecule has 0 spiro atoms. The van der Waals surface area contributed by atoms with Crippen LogP contribution in [0.5, 0.6) is 5.75 Å². The lowest BCUT2D eigenvalue weighted by Gasteiger charge is -2.10. The number of nitrogens with one attached hydrogen (secondary N) is 1. The predicted octanol–water partition coefficient (Wildman–Crippen LogP) is 3.36. The second-order valence-electron chi connectivity index (χ2n) is 5.74. The number of carbonyl (C=O) groups excluding carboxylic acids is 1. The third-order valence-corrected chi connectivity index (χ3v) is 4.02. The second kappa shape index (κ2) is 6.83. The fraction of sp³-hybridized carbons (Fsp3) is 0.294. The van der Waals surface area contributed by atoms with Crippen LogP contribution in [0, 0.1) is 5.92 Å². The molecule has 0 bridgehead atoms. The van der Waals surface area contributed by atoms with Crippen LogP contribution in [0.2, 0.25) is 0 Å². The van der Waals surface area contributed by atoms with Gasteiger partial charge in [0.05, 0.1) is 18.8 Å². The molecule has 23 heavy (non-hydrogen) atoms. The van der Waals surface area contributed by atoms with E-state index in [4.69, 9.17) is 4.74 Å². The smallest absolute Gasteiger partial charge is 0.251 e. The number of thiazole rings is 1. The third kappa shape index (κ3) is 3.90. The molecule has 0 fully saturated rings. The molecule has 5 nitrogen and oxygen atoms in total. The lowest BCUT2D eigenvalue weighted by molar-refractivity contribution is 0.0950. The van der Waals surface area contributed by atoms with E-state index in [1.165, 1.54) is 0 Å². The molecule has 120 valence electrons. The molecule has 1 amide bonds. The summed E-state index contributed by atoms with van der Waals surface area (Å²) in [6.07, 6.45) is 3.88. The zero-order valence-corrected chi connectivity index (χ0v) is 14.0. The predicted molar refractivity (Wildman–Crippen MR) is 91.0 cm³/mol. The Kier molecular flexibility index (Phi) is 4.62. The van der Waals surface area contributed by atoms with Crippen LogP contribution < -0.4 is 10.1 Å². The Bertz CT molecular complexity index is 778. The SMILES string of the molecule is CC(C)COc1cccc(C(=O)NCc2cn3ccsc3n2)c1. The summed E-state index contributed by atoms with van der Waals surface area (Å²) in [5, 5.41) is 4.87. The average molecular weight is 329 g/mol. The number of benzene rings is 1. The minimum absolute atomic E-state index is 0.128. The average Bonchev–Trinajstić information content (AvgIpc) is 3.12. The largest absolute Gasteiger partial charge is 0.493 e. The van der Waals surface area contributed by atoms with Crippen LogP contribution in [-0.2, 0) is 6.54 Å². The Morgan fingerprint density at radius 2 is 2.30 bits per heavy atom. The maximum atomic E-state index is 12.3. The highest BCUT2D eigenvalue weighted by Crippen LogP contribution is 2.15. The Morgan fingerprint density at radius 1 is 1.43 bits per heavy atom. The quantitative estimate of drug-likeness (QED) is 0.754. The molecular formula is C17H19N3O2S. The van der Waals surface area contributed by atoms with E-state index in [0.717, 1.165) is 10.7 Å². The van der Waals surface area contributed by atoms with Crippen LogP contribution in [0.3, 0.4) is 0 Å². The summed E-state index contributed by atoms with van der Waals surface area (Å²) in [7, 11) is 0. The van der Waals surface area contributed by atoms with Gasteiger partial charge in [-0.3, -0.25) is 9.20 Å². The molecule has 2 heterocycles. The van der Waals surface area contributed by atoms with E-state index in [1.807, 2.05) is 34.3 Å². The normalized spacial score (nSPS) is 11.1. The molecule has 1 aromatic carbocycles. The van der Waals surface area contributed by atoms with Gasteiger partial charge in [-0.2, -0.15) is 0 Å². The summed E-state index contributed by atoms with van der Waals surface area (Å²) in [6, 6.07) is 7.24. The lowest BCUT2D eigenvalue weighted by Crippen LogP contribution is -2.23. The van der Waals surface area contributed by atoms with Gasteiger partial charge in [0.15, 0.2) is 4.96 Å². The van der Waals surface area contributed by atoms with Crippen molar-refractivity contribution in [3.05, 3.63) is 53.3 Å². The Morgan fingerprint density at radius 3 is 3.09 bits per heavy atom. The topological polar surface area (TPSA) is 55.6 Å². The van der Waals surface area contributed by atoms with Crippen LogP contribution in [-0.4, -0.2) is 21.9 Å². The number of aromatic nitrogens is 2. The molecule has 0 aliphatic heterocycles. The molecule has 0 aliphatic rings. The molecule has 3 aromatic rings. The van der Waals surface area contributed by atoms with Gasteiger partial charge in [0.25, 0.3) is 5.91 Å². The monoisotopic (exact) mass is 329 g/mol. The zero-order valence-electron chi connectivity index (χ0n) is 13.2. The van der Waals surface area contributed by atoms with E-state index in [-0.39, 0.29) is 5.91 Å². The van der Waals surface area contributed by atoms with Crippen LogP contribution >= 0.6 is 11.3 Å². The lowest BCUT2D eigenvalue weighted by atomic mass is 10.2. The Hall–Kier alpha value is -2.34. The number of nitrogens with zero attached hydrogens (tertiary/aromatic N) is 2. The van der Waals surface area contributed by atoms with Gasteiger partial charge in [0.2, 0.25) is 0 Å². The first-order valence-electron chi connectivity index (χ1n) is 7.54. The summed E-state index contributed by atoms with van der Waals surface area (Å²) >= 11 is 1.57. The first kappa shape index (κ1) is 15.6. The van der Waals surface area contributed by atoms with Crippen molar-refractivity contribution in [1.82, 2.24) is 14.7 Å². The maximum absolute atomic E-state index is 12.3. The molecule has 0 radical (unpaired) electrons. The van der Waals surface area contributed by atoms with Gasteiger partial charge in [0.1, 0.15) is 5.75 Å². The molecular weight excluding hydrogens is 310 g/mol. The van der Waals surface area contributed by atoms with E-state index in [9.17, 15) is 4.79 Å². The molecule has 6 heteroatoms. The maximum Gasteiger partial charge on any atom is 0.251 e. The van der Waals surface area contributed by atoms with Gasteiger partial charge < -0.3 is 10.1 Å². The highest BCUT2D eigenvalue weighted by Gasteiger charge is 2.09. The van der Waals surface area contributed by atoms with Gasteiger partial charge in [-0.1, -0.05) is 19.9 Å². The summed E-state index contributed by atoms with van der Waals surface area (Å²) in [4.78, 5) is 17.6. The van der Waals surface area contributed by atoms with E-state index < -0.39 is 0 Å². The standard InChI is InChI=1S/C17H19N3O2S/c1-12(2)11-22-15-5-3-4-13(8-15)16(21)18-9-14-10-20-6-7-23-17(20)19-14/h3-8,10,12H,9,11H2,1-2H3,(H,18,21).